The van der Waals surface area contributed by atoms with Crippen molar-refractivity contribution in [3.05, 3.63) is 22.7 Å². The largest absolute Gasteiger partial charge is 0.364 e. The van der Waals surface area contributed by atoms with Crippen LogP contribution in [0, 0.1) is 0 Å². The van der Waals surface area contributed by atoms with Crippen LogP contribution in [0.4, 0.5) is 14.6 Å². The molecule has 0 fully saturated rings. The Morgan fingerprint density at radius 2 is 2.36 bits per heavy atom. The molecule has 1 heterocycles. The summed E-state index contributed by atoms with van der Waals surface area (Å²) in [6.07, 6.45) is 1.13. The van der Waals surface area contributed by atoms with Crippen molar-refractivity contribution in [3.63, 3.8) is 0 Å². The predicted octanol–water partition coefficient (Wildman–Crippen LogP) is -0.224. The molecule has 0 saturated heterocycles. The van der Waals surface area contributed by atoms with Crippen molar-refractivity contribution in [2.75, 3.05) is 18.4 Å². The highest BCUT2D eigenvalue weighted by atomic mass is 19.3. The molecule has 7 heteroatoms. The van der Waals surface area contributed by atoms with Gasteiger partial charge in [-0.3, -0.25) is 4.79 Å². The predicted molar refractivity (Wildman–Crippen MR) is 47.3 cm³/mol. The first-order valence-corrected chi connectivity index (χ1v) is 3.90. The molecule has 1 aromatic rings. The summed E-state index contributed by atoms with van der Waals surface area (Å²) in [7, 11) is 0. The van der Waals surface area contributed by atoms with Crippen LogP contribution in [-0.2, 0) is 0 Å². The third-order valence-corrected chi connectivity index (χ3v) is 1.51. The number of aromatic amines is 1. The van der Waals surface area contributed by atoms with Crippen molar-refractivity contribution < 1.29 is 8.78 Å². The number of nitrogens with one attached hydrogen (secondary N) is 2. The highest BCUT2D eigenvalue weighted by Crippen LogP contribution is 2.11. The molecule has 4 N–H and O–H groups in total. The Morgan fingerprint density at radius 3 is 2.93 bits per heavy atom. The second-order valence-corrected chi connectivity index (χ2v) is 2.71. The number of hydrogen-bond donors (Lipinski definition) is 3. The molecule has 0 saturated carbocycles. The summed E-state index contributed by atoms with van der Waals surface area (Å²) in [6, 6.07) is 1.09. The molecule has 0 aromatic carbocycles. The minimum atomic E-state index is -3.00. The van der Waals surface area contributed by atoms with Crippen molar-refractivity contribution in [2.45, 2.75) is 5.92 Å². The minimum absolute atomic E-state index is 0.0990. The molecule has 0 bridgehead atoms. The van der Waals surface area contributed by atoms with E-state index in [1.165, 1.54) is 0 Å². The molecule has 0 spiro atoms. The van der Waals surface area contributed by atoms with E-state index in [0.29, 0.717) is 0 Å². The Bertz CT molecular complexity index is 352. The molecule has 5 nitrogen and oxygen atoms in total. The van der Waals surface area contributed by atoms with E-state index in [4.69, 9.17) is 5.73 Å². The third kappa shape index (κ3) is 3.09. The molecule has 0 aliphatic carbocycles. The molecule has 1 rings (SSSR count). The van der Waals surface area contributed by atoms with Gasteiger partial charge in [0.05, 0.1) is 19.4 Å². The second kappa shape index (κ2) is 4.14. The van der Waals surface area contributed by atoms with Crippen molar-refractivity contribution >= 4 is 5.82 Å². The number of nitrogens with zero attached hydrogens (tertiary/aromatic N) is 1. The average molecular weight is 204 g/mol. The lowest BCUT2D eigenvalue weighted by atomic mass is 10.3. The fourth-order valence-electron chi connectivity index (χ4n) is 0.757. The Morgan fingerprint density at radius 1 is 1.64 bits per heavy atom. The van der Waals surface area contributed by atoms with Gasteiger partial charge in [0, 0.05) is 6.07 Å². The quantitative estimate of drug-likeness (QED) is 0.632. The molecule has 0 atom stereocenters. The number of nitrogens with two attached hydrogens (primary N) is 1. The normalized spacial score (nSPS) is 11.4. The molecule has 0 unspecified atom stereocenters. The van der Waals surface area contributed by atoms with E-state index in [2.05, 4.69) is 15.3 Å². The molecule has 0 aliphatic rings. The molecule has 78 valence electrons. The number of halogens is 2. The van der Waals surface area contributed by atoms with Crippen LogP contribution in [-0.4, -0.2) is 29.0 Å². The van der Waals surface area contributed by atoms with Gasteiger partial charge in [-0.25, -0.2) is 13.8 Å². The van der Waals surface area contributed by atoms with Crippen molar-refractivity contribution in [2.24, 2.45) is 5.73 Å². The zero-order chi connectivity index (χ0) is 10.6. The molecular formula is C7H10F2N4O. The average Bonchev–Trinajstić information content (AvgIpc) is 2.15. The van der Waals surface area contributed by atoms with Crippen molar-refractivity contribution in [1.29, 1.82) is 0 Å². The van der Waals surface area contributed by atoms with Crippen LogP contribution in [0.2, 0.25) is 0 Å². The fraction of sp³-hybridized carbons (Fsp3) is 0.429. The lowest BCUT2D eigenvalue weighted by Gasteiger charge is -2.14. The topological polar surface area (TPSA) is 83.8 Å². The van der Waals surface area contributed by atoms with E-state index in [9.17, 15) is 13.6 Å². The van der Waals surface area contributed by atoms with Crippen LogP contribution in [0.3, 0.4) is 0 Å². The number of hydrogen-bond acceptors (Lipinski definition) is 4. The smallest absolute Gasteiger partial charge is 0.276 e. The SMILES string of the molecule is NCC(F)(F)CNc1cc(=O)[nH]cn1. The highest BCUT2D eigenvalue weighted by Gasteiger charge is 2.26. The van der Waals surface area contributed by atoms with Gasteiger partial charge in [-0.2, -0.15) is 0 Å². The maximum atomic E-state index is 12.6. The minimum Gasteiger partial charge on any atom is -0.364 e. The highest BCUT2D eigenvalue weighted by molar-refractivity contribution is 5.31. The standard InChI is InChI=1S/C7H10F2N4O/c8-7(9,2-10)3-11-5-1-6(14)13-4-12-5/h1,4H,2-3,10H2,(H2,11,12,13,14). The molecular weight excluding hydrogens is 194 g/mol. The van der Waals surface area contributed by atoms with Crippen LogP contribution in [0.5, 0.6) is 0 Å². The van der Waals surface area contributed by atoms with Crippen LogP contribution in [0.25, 0.3) is 0 Å². The van der Waals surface area contributed by atoms with Crippen LogP contribution in [0.15, 0.2) is 17.2 Å². The maximum absolute atomic E-state index is 12.6. The number of alkyl halides is 2. The van der Waals surface area contributed by atoms with Gasteiger partial charge >= 0.3 is 0 Å². The van der Waals surface area contributed by atoms with Gasteiger partial charge in [-0.15, -0.1) is 0 Å². The van der Waals surface area contributed by atoms with E-state index < -0.39 is 24.6 Å². The van der Waals surface area contributed by atoms with Crippen LogP contribution in [0.1, 0.15) is 0 Å². The summed E-state index contributed by atoms with van der Waals surface area (Å²) in [6.45, 7) is -1.39. The zero-order valence-electron chi connectivity index (χ0n) is 7.26. The fourth-order valence-corrected chi connectivity index (χ4v) is 0.757. The lowest BCUT2D eigenvalue weighted by Crippen LogP contribution is -2.35. The number of anilines is 1. The Labute approximate surface area is 78.3 Å². The third-order valence-electron chi connectivity index (χ3n) is 1.51. The van der Waals surface area contributed by atoms with Gasteiger partial charge in [0.15, 0.2) is 0 Å². The Balaban J connectivity index is 2.58. The monoisotopic (exact) mass is 204 g/mol. The first kappa shape index (κ1) is 10.6. The molecule has 14 heavy (non-hydrogen) atoms. The molecule has 1 aromatic heterocycles. The van der Waals surface area contributed by atoms with Gasteiger partial charge in [0.1, 0.15) is 5.82 Å². The summed E-state index contributed by atoms with van der Waals surface area (Å²) in [5.74, 6) is -2.90. The molecule has 0 radical (unpaired) electrons. The lowest BCUT2D eigenvalue weighted by molar-refractivity contribution is 0.0253. The summed E-state index contributed by atoms with van der Waals surface area (Å²) in [5, 5.41) is 2.32. The maximum Gasteiger partial charge on any atom is 0.276 e. The Hall–Kier alpha value is -1.50. The second-order valence-electron chi connectivity index (χ2n) is 2.71. The van der Waals surface area contributed by atoms with E-state index in [-0.39, 0.29) is 5.82 Å². The number of H-pyrrole nitrogens is 1. The molecule has 0 aliphatic heterocycles. The van der Waals surface area contributed by atoms with Gasteiger partial charge < -0.3 is 16.0 Å². The summed E-state index contributed by atoms with van der Waals surface area (Å²) >= 11 is 0. The summed E-state index contributed by atoms with van der Waals surface area (Å²) < 4.78 is 25.3. The van der Waals surface area contributed by atoms with E-state index in [0.717, 1.165) is 12.4 Å². The van der Waals surface area contributed by atoms with E-state index >= 15 is 0 Å². The van der Waals surface area contributed by atoms with Gasteiger partial charge in [-0.05, 0) is 0 Å². The van der Waals surface area contributed by atoms with E-state index in [1.807, 2.05) is 0 Å². The summed E-state index contributed by atoms with van der Waals surface area (Å²) in [4.78, 5) is 16.6. The van der Waals surface area contributed by atoms with Crippen LogP contribution >= 0.6 is 0 Å². The molecule has 0 amide bonds. The first-order valence-electron chi connectivity index (χ1n) is 3.90. The van der Waals surface area contributed by atoms with Gasteiger partial charge in [0.2, 0.25) is 0 Å². The first-order chi connectivity index (χ1) is 6.53. The number of aromatic nitrogens is 2. The van der Waals surface area contributed by atoms with Crippen molar-refractivity contribution in [1.82, 2.24) is 9.97 Å². The van der Waals surface area contributed by atoms with Crippen molar-refractivity contribution in [3.8, 4) is 0 Å². The van der Waals surface area contributed by atoms with E-state index in [1.54, 1.807) is 0 Å². The van der Waals surface area contributed by atoms with Crippen LogP contribution < -0.4 is 16.6 Å². The Kier molecular flexibility index (Phi) is 3.13. The zero-order valence-corrected chi connectivity index (χ0v) is 7.26. The van der Waals surface area contributed by atoms with Gasteiger partial charge in [-0.1, -0.05) is 0 Å². The number of rotatable bonds is 4. The summed E-state index contributed by atoms with van der Waals surface area (Å²) in [5.41, 5.74) is 4.42. The van der Waals surface area contributed by atoms with Gasteiger partial charge in [0.25, 0.3) is 11.5 Å².